The normalized spacial score (nSPS) is 20.6. The van der Waals surface area contributed by atoms with Crippen LogP contribution >= 0.6 is 0 Å². The van der Waals surface area contributed by atoms with Gasteiger partial charge in [-0.1, -0.05) is 5.10 Å². The van der Waals surface area contributed by atoms with Crippen LogP contribution in [0.5, 0.6) is 0 Å². The van der Waals surface area contributed by atoms with Crippen LogP contribution in [0.1, 0.15) is 18.7 Å². The average Bonchev–Trinajstić information content (AvgIpc) is 2.87. The molecule has 1 aliphatic heterocycles. The second-order valence-electron chi connectivity index (χ2n) is 4.12. The van der Waals surface area contributed by atoms with E-state index in [2.05, 4.69) is 20.4 Å². The molecule has 2 heterocycles. The van der Waals surface area contributed by atoms with Gasteiger partial charge in [0.1, 0.15) is 0 Å². The highest BCUT2D eigenvalue weighted by molar-refractivity contribution is 5.26. The number of aromatic nitrogens is 2. The van der Waals surface area contributed by atoms with Gasteiger partial charge in [-0.2, -0.15) is 0 Å². The molecular formula is C10H18N4O2. The van der Waals surface area contributed by atoms with Crippen LogP contribution in [0.3, 0.4) is 0 Å². The van der Waals surface area contributed by atoms with Gasteiger partial charge in [-0.05, 0) is 25.8 Å². The predicted octanol–water partition coefficient (Wildman–Crippen LogP) is -0.00230. The fraction of sp³-hybridized carbons (Fsp3) is 0.800. The molecule has 6 nitrogen and oxygen atoms in total. The Kier molecular flexibility index (Phi) is 3.74. The minimum absolute atomic E-state index is 0.257. The van der Waals surface area contributed by atoms with E-state index in [1.165, 1.54) is 0 Å². The van der Waals surface area contributed by atoms with Crippen LogP contribution in [0.4, 0.5) is 6.01 Å². The molecule has 1 saturated heterocycles. The van der Waals surface area contributed by atoms with E-state index in [4.69, 9.17) is 9.52 Å². The molecule has 0 saturated carbocycles. The van der Waals surface area contributed by atoms with Gasteiger partial charge in [0, 0.05) is 19.7 Å². The van der Waals surface area contributed by atoms with E-state index < -0.39 is 0 Å². The monoisotopic (exact) mass is 226 g/mol. The Morgan fingerprint density at radius 3 is 3.19 bits per heavy atom. The van der Waals surface area contributed by atoms with E-state index in [1.54, 1.807) is 0 Å². The zero-order valence-corrected chi connectivity index (χ0v) is 9.52. The largest absolute Gasteiger partial charge is 0.407 e. The first-order valence-electron chi connectivity index (χ1n) is 5.66. The first-order chi connectivity index (χ1) is 7.83. The molecule has 0 amide bonds. The maximum absolute atomic E-state index is 8.88. The molecule has 0 spiro atoms. The molecule has 1 aromatic heterocycles. The van der Waals surface area contributed by atoms with E-state index >= 15 is 0 Å². The van der Waals surface area contributed by atoms with Crippen molar-refractivity contribution >= 4 is 6.01 Å². The molecule has 6 heteroatoms. The molecule has 0 aromatic carbocycles. The molecule has 2 rings (SSSR count). The summed E-state index contributed by atoms with van der Waals surface area (Å²) in [5, 5.41) is 19.8. The number of aliphatic hydroxyl groups is 1. The lowest BCUT2D eigenvalue weighted by Crippen LogP contribution is -2.20. The van der Waals surface area contributed by atoms with Gasteiger partial charge in [0.15, 0.2) is 0 Å². The van der Waals surface area contributed by atoms with Crippen molar-refractivity contribution in [3.63, 3.8) is 0 Å². The number of nitrogens with one attached hydrogen (secondary N) is 1. The van der Waals surface area contributed by atoms with Gasteiger partial charge < -0.3 is 19.7 Å². The maximum Gasteiger partial charge on any atom is 0.318 e. The standard InChI is InChI=1S/C10H18N4O2/c1-11-6-9-12-13-10(16-9)14-4-2-8(7-14)3-5-15/h8,11,15H,2-7H2,1H3. The fourth-order valence-electron chi connectivity index (χ4n) is 2.02. The van der Waals surface area contributed by atoms with Crippen LogP contribution in [0.25, 0.3) is 0 Å². The molecule has 90 valence electrons. The highest BCUT2D eigenvalue weighted by atomic mass is 16.4. The van der Waals surface area contributed by atoms with E-state index in [0.717, 1.165) is 25.9 Å². The van der Waals surface area contributed by atoms with Crippen LogP contribution in [0.15, 0.2) is 4.42 Å². The molecule has 1 unspecified atom stereocenters. The summed E-state index contributed by atoms with van der Waals surface area (Å²) in [4.78, 5) is 2.09. The summed E-state index contributed by atoms with van der Waals surface area (Å²) >= 11 is 0. The van der Waals surface area contributed by atoms with Crippen LogP contribution < -0.4 is 10.2 Å². The lowest BCUT2D eigenvalue weighted by molar-refractivity contribution is 0.263. The summed E-state index contributed by atoms with van der Waals surface area (Å²) in [6, 6.07) is 0.602. The van der Waals surface area contributed by atoms with E-state index in [1.807, 2.05) is 7.05 Å². The summed E-state index contributed by atoms with van der Waals surface area (Å²) in [6.45, 7) is 2.70. The predicted molar refractivity (Wildman–Crippen MR) is 59.1 cm³/mol. The van der Waals surface area contributed by atoms with Crippen molar-refractivity contribution in [3.8, 4) is 0 Å². The maximum atomic E-state index is 8.88. The number of hydrogen-bond donors (Lipinski definition) is 2. The molecule has 1 aromatic rings. The van der Waals surface area contributed by atoms with Gasteiger partial charge in [0.05, 0.1) is 6.54 Å². The lowest BCUT2D eigenvalue weighted by atomic mass is 10.1. The lowest BCUT2D eigenvalue weighted by Gasteiger charge is -2.12. The van der Waals surface area contributed by atoms with Crippen LogP contribution in [-0.4, -0.2) is 42.0 Å². The molecular weight excluding hydrogens is 208 g/mol. The number of anilines is 1. The summed E-state index contributed by atoms with van der Waals surface area (Å²) in [6.07, 6.45) is 1.94. The second kappa shape index (κ2) is 5.27. The van der Waals surface area contributed by atoms with Gasteiger partial charge in [-0.25, -0.2) is 0 Å². The highest BCUT2D eigenvalue weighted by Crippen LogP contribution is 2.24. The Hall–Kier alpha value is -1.14. The smallest absolute Gasteiger partial charge is 0.318 e. The Morgan fingerprint density at radius 1 is 1.56 bits per heavy atom. The third kappa shape index (κ3) is 2.51. The van der Waals surface area contributed by atoms with Crippen molar-refractivity contribution in [1.82, 2.24) is 15.5 Å². The molecule has 2 N–H and O–H groups in total. The molecule has 0 bridgehead atoms. The second-order valence-corrected chi connectivity index (χ2v) is 4.12. The average molecular weight is 226 g/mol. The van der Waals surface area contributed by atoms with Crippen molar-refractivity contribution in [2.45, 2.75) is 19.4 Å². The van der Waals surface area contributed by atoms with Crippen LogP contribution in [-0.2, 0) is 6.54 Å². The summed E-state index contributed by atoms with van der Waals surface area (Å²) in [5.41, 5.74) is 0. The molecule has 1 atom stereocenters. The summed E-state index contributed by atoms with van der Waals surface area (Å²) in [5.74, 6) is 1.16. The number of aliphatic hydroxyl groups excluding tert-OH is 1. The fourth-order valence-corrected chi connectivity index (χ4v) is 2.02. The van der Waals surface area contributed by atoms with Crippen LogP contribution in [0, 0.1) is 5.92 Å². The van der Waals surface area contributed by atoms with Gasteiger partial charge in [-0.15, -0.1) is 5.10 Å². The van der Waals surface area contributed by atoms with Gasteiger partial charge >= 0.3 is 6.01 Å². The Labute approximate surface area is 94.7 Å². The molecule has 1 aliphatic rings. The van der Waals surface area contributed by atoms with Gasteiger partial charge in [-0.3, -0.25) is 0 Å². The Balaban J connectivity index is 1.92. The highest BCUT2D eigenvalue weighted by Gasteiger charge is 2.25. The van der Waals surface area contributed by atoms with Crippen molar-refractivity contribution in [2.24, 2.45) is 5.92 Å². The zero-order valence-electron chi connectivity index (χ0n) is 9.52. The van der Waals surface area contributed by atoms with E-state index in [0.29, 0.717) is 24.4 Å². The van der Waals surface area contributed by atoms with Crippen molar-refractivity contribution in [1.29, 1.82) is 0 Å². The number of hydrogen-bond acceptors (Lipinski definition) is 6. The number of nitrogens with zero attached hydrogens (tertiary/aromatic N) is 3. The van der Waals surface area contributed by atoms with Gasteiger partial charge in [0.2, 0.25) is 5.89 Å². The Morgan fingerprint density at radius 2 is 2.44 bits per heavy atom. The topological polar surface area (TPSA) is 74.4 Å². The third-order valence-electron chi connectivity index (χ3n) is 2.88. The molecule has 0 aliphatic carbocycles. The quantitative estimate of drug-likeness (QED) is 0.736. The first-order valence-corrected chi connectivity index (χ1v) is 5.66. The minimum Gasteiger partial charge on any atom is -0.407 e. The SMILES string of the molecule is CNCc1nnc(N2CCC(CCO)C2)o1. The summed E-state index contributed by atoms with van der Waals surface area (Å²) < 4.78 is 5.51. The minimum atomic E-state index is 0.257. The third-order valence-corrected chi connectivity index (χ3v) is 2.88. The van der Waals surface area contributed by atoms with E-state index in [9.17, 15) is 0 Å². The van der Waals surface area contributed by atoms with Crippen LogP contribution in [0.2, 0.25) is 0 Å². The molecule has 16 heavy (non-hydrogen) atoms. The summed E-state index contributed by atoms with van der Waals surface area (Å²) in [7, 11) is 1.84. The zero-order chi connectivity index (χ0) is 11.4. The van der Waals surface area contributed by atoms with E-state index in [-0.39, 0.29) is 6.61 Å². The van der Waals surface area contributed by atoms with Crippen molar-refractivity contribution in [3.05, 3.63) is 5.89 Å². The van der Waals surface area contributed by atoms with Crippen molar-refractivity contribution in [2.75, 3.05) is 31.6 Å². The first kappa shape index (κ1) is 11.3. The number of rotatable bonds is 5. The Bertz CT molecular complexity index is 328. The molecule has 1 fully saturated rings. The van der Waals surface area contributed by atoms with Crippen molar-refractivity contribution < 1.29 is 9.52 Å². The molecule has 0 radical (unpaired) electrons. The van der Waals surface area contributed by atoms with Gasteiger partial charge in [0.25, 0.3) is 0 Å².